The van der Waals surface area contributed by atoms with Crippen LogP contribution in [0.2, 0.25) is 0 Å². The number of hydrogen-bond donors (Lipinski definition) is 1. The molecule has 4 nitrogen and oxygen atoms in total. The molecular weight excluding hydrogens is 266 g/mol. The predicted molar refractivity (Wildman–Crippen MR) is 78.7 cm³/mol. The fourth-order valence-corrected chi connectivity index (χ4v) is 4.11. The van der Waals surface area contributed by atoms with Gasteiger partial charge in [0.2, 0.25) is 5.91 Å². The second kappa shape index (κ2) is 5.17. The van der Waals surface area contributed by atoms with Crippen LogP contribution in [0.4, 0.5) is 0 Å². The van der Waals surface area contributed by atoms with Gasteiger partial charge in [0.1, 0.15) is 0 Å². The summed E-state index contributed by atoms with van der Waals surface area (Å²) in [6.07, 6.45) is 2.20. The summed E-state index contributed by atoms with van der Waals surface area (Å²) < 4.78 is 0. The molecule has 4 unspecified atom stereocenters. The Balaban J connectivity index is 1.94. The van der Waals surface area contributed by atoms with Gasteiger partial charge in [-0.15, -0.1) is 0 Å². The van der Waals surface area contributed by atoms with Crippen LogP contribution in [0.25, 0.3) is 0 Å². The molecule has 1 heterocycles. The van der Waals surface area contributed by atoms with Gasteiger partial charge in [-0.25, -0.2) is 0 Å². The van der Waals surface area contributed by atoms with Gasteiger partial charge in [0.05, 0.1) is 12.0 Å². The topological polar surface area (TPSA) is 57.6 Å². The summed E-state index contributed by atoms with van der Waals surface area (Å²) in [7, 11) is 0. The Kier molecular flexibility index (Phi) is 3.47. The van der Waals surface area contributed by atoms with E-state index in [1.807, 2.05) is 30.9 Å². The third-order valence-corrected chi connectivity index (χ3v) is 5.08. The zero-order valence-corrected chi connectivity index (χ0v) is 12.5. The van der Waals surface area contributed by atoms with Crippen LogP contribution in [0, 0.1) is 11.8 Å². The summed E-state index contributed by atoms with van der Waals surface area (Å²) in [5, 5.41) is 9.48. The minimum Gasteiger partial charge on any atom is -0.481 e. The monoisotopic (exact) mass is 287 g/mol. The Hall–Kier alpha value is -1.84. The molecule has 1 amide bonds. The zero-order valence-electron chi connectivity index (χ0n) is 12.5. The van der Waals surface area contributed by atoms with Gasteiger partial charge in [-0.3, -0.25) is 9.59 Å². The van der Waals surface area contributed by atoms with E-state index < -0.39 is 11.9 Å². The van der Waals surface area contributed by atoms with Crippen molar-refractivity contribution >= 4 is 11.9 Å². The summed E-state index contributed by atoms with van der Waals surface area (Å²) in [6.45, 7) is 3.75. The van der Waals surface area contributed by atoms with Gasteiger partial charge in [-0.2, -0.15) is 0 Å². The first-order valence-electron chi connectivity index (χ1n) is 7.62. The lowest BCUT2D eigenvalue weighted by atomic mass is 9.80. The van der Waals surface area contributed by atoms with Gasteiger partial charge in [0.15, 0.2) is 0 Å². The van der Waals surface area contributed by atoms with Crippen LogP contribution in [0.5, 0.6) is 0 Å². The van der Waals surface area contributed by atoms with Crippen LogP contribution in [0.3, 0.4) is 0 Å². The highest BCUT2D eigenvalue weighted by molar-refractivity contribution is 5.82. The van der Waals surface area contributed by atoms with E-state index in [9.17, 15) is 14.7 Å². The van der Waals surface area contributed by atoms with E-state index in [-0.39, 0.29) is 23.9 Å². The number of rotatable bonds is 2. The minimum atomic E-state index is -0.793. The Bertz CT molecular complexity index is 583. The number of amides is 1. The molecule has 0 aromatic heterocycles. The molecule has 1 saturated heterocycles. The summed E-state index contributed by atoms with van der Waals surface area (Å²) >= 11 is 0. The molecule has 112 valence electrons. The molecule has 0 saturated carbocycles. The van der Waals surface area contributed by atoms with Gasteiger partial charge >= 0.3 is 5.97 Å². The normalized spacial score (nSPS) is 32.1. The predicted octanol–water partition coefficient (Wildman–Crippen LogP) is 2.63. The molecule has 0 radical (unpaired) electrons. The average molecular weight is 287 g/mol. The van der Waals surface area contributed by atoms with Crippen LogP contribution in [-0.4, -0.2) is 27.9 Å². The Morgan fingerprint density at radius 3 is 2.71 bits per heavy atom. The number of piperidine rings is 1. The Morgan fingerprint density at radius 1 is 1.29 bits per heavy atom. The van der Waals surface area contributed by atoms with Crippen molar-refractivity contribution in [3.05, 3.63) is 35.4 Å². The first kappa shape index (κ1) is 14.1. The molecule has 4 heteroatoms. The number of carboxylic acids is 1. The van der Waals surface area contributed by atoms with Crippen molar-refractivity contribution in [1.29, 1.82) is 0 Å². The van der Waals surface area contributed by atoms with Crippen LogP contribution >= 0.6 is 0 Å². The van der Waals surface area contributed by atoms with Gasteiger partial charge in [-0.05, 0) is 36.8 Å². The number of benzene rings is 1. The second-order valence-electron chi connectivity index (χ2n) is 6.34. The maximum absolute atomic E-state index is 12.5. The zero-order chi connectivity index (χ0) is 15.1. The molecule has 0 bridgehead atoms. The van der Waals surface area contributed by atoms with Crippen molar-refractivity contribution in [2.75, 3.05) is 0 Å². The second-order valence-corrected chi connectivity index (χ2v) is 6.34. The van der Waals surface area contributed by atoms with Gasteiger partial charge < -0.3 is 10.0 Å². The highest BCUT2D eigenvalue weighted by Gasteiger charge is 2.45. The third-order valence-electron chi connectivity index (χ3n) is 5.08. The van der Waals surface area contributed by atoms with Crippen molar-refractivity contribution in [3.8, 4) is 0 Å². The fraction of sp³-hybridized carbons (Fsp3) is 0.529. The van der Waals surface area contributed by atoms with E-state index in [2.05, 4.69) is 12.1 Å². The van der Waals surface area contributed by atoms with E-state index in [0.717, 1.165) is 12.8 Å². The summed E-state index contributed by atoms with van der Waals surface area (Å²) in [4.78, 5) is 25.9. The van der Waals surface area contributed by atoms with E-state index in [0.29, 0.717) is 6.42 Å². The number of fused-ring (bicyclic) bond motifs is 1. The van der Waals surface area contributed by atoms with Crippen LogP contribution < -0.4 is 0 Å². The average Bonchev–Trinajstić information content (AvgIpc) is 2.82. The van der Waals surface area contributed by atoms with Crippen LogP contribution in [0.15, 0.2) is 24.3 Å². The number of carbonyl (C=O) groups excluding carboxylic acids is 1. The molecule has 1 aromatic rings. The van der Waals surface area contributed by atoms with E-state index in [1.54, 1.807) is 0 Å². The first-order valence-corrected chi connectivity index (χ1v) is 7.62. The minimum absolute atomic E-state index is 0.0399. The fourth-order valence-electron chi connectivity index (χ4n) is 4.11. The molecule has 0 spiro atoms. The Labute approximate surface area is 124 Å². The third kappa shape index (κ3) is 2.23. The highest BCUT2D eigenvalue weighted by atomic mass is 16.4. The smallest absolute Gasteiger partial charge is 0.308 e. The lowest BCUT2D eigenvalue weighted by Crippen LogP contribution is -2.53. The van der Waals surface area contributed by atoms with E-state index in [4.69, 9.17) is 0 Å². The van der Waals surface area contributed by atoms with Crippen LogP contribution in [0.1, 0.15) is 43.9 Å². The van der Waals surface area contributed by atoms with Gasteiger partial charge in [-0.1, -0.05) is 31.2 Å². The molecule has 1 fully saturated rings. The molecule has 1 aliphatic heterocycles. The van der Waals surface area contributed by atoms with Crippen molar-refractivity contribution in [2.24, 2.45) is 11.8 Å². The number of carboxylic acid groups (broad SMARTS) is 1. The van der Waals surface area contributed by atoms with E-state index >= 15 is 0 Å². The number of hydrogen-bond acceptors (Lipinski definition) is 2. The van der Waals surface area contributed by atoms with Crippen molar-refractivity contribution in [2.45, 2.75) is 45.2 Å². The lowest BCUT2D eigenvalue weighted by molar-refractivity contribution is -0.157. The van der Waals surface area contributed by atoms with Gasteiger partial charge in [0.25, 0.3) is 0 Å². The quantitative estimate of drug-likeness (QED) is 0.909. The van der Waals surface area contributed by atoms with Gasteiger partial charge in [0, 0.05) is 12.5 Å². The molecule has 21 heavy (non-hydrogen) atoms. The number of carbonyl (C=O) groups is 2. The highest BCUT2D eigenvalue weighted by Crippen LogP contribution is 2.41. The maximum Gasteiger partial charge on any atom is 0.308 e. The maximum atomic E-state index is 12.5. The largest absolute Gasteiger partial charge is 0.481 e. The van der Waals surface area contributed by atoms with Crippen molar-refractivity contribution < 1.29 is 14.7 Å². The summed E-state index contributed by atoms with van der Waals surface area (Å²) in [5.74, 6) is -1.28. The molecule has 3 rings (SSSR count). The molecule has 1 aromatic carbocycles. The summed E-state index contributed by atoms with van der Waals surface area (Å²) in [6, 6.07) is 7.97. The molecule has 2 aliphatic rings. The number of likely N-dealkylation sites (tertiary alicyclic amines) is 1. The first-order chi connectivity index (χ1) is 10.0. The number of aliphatic carboxylic acids is 1. The standard InChI is InChI=1S/C17H21NO3/c1-10-9-15(19)18(11(2)16(10)17(20)21)14-8-7-12-5-3-4-6-13(12)14/h3-6,10-11,14,16H,7-9H2,1-2H3,(H,20,21). The molecular formula is C17H21NO3. The van der Waals surface area contributed by atoms with Crippen LogP contribution in [-0.2, 0) is 16.0 Å². The number of nitrogens with zero attached hydrogens (tertiary/aromatic N) is 1. The molecule has 1 aliphatic carbocycles. The number of aryl methyl sites for hydroxylation is 1. The van der Waals surface area contributed by atoms with E-state index in [1.165, 1.54) is 11.1 Å². The molecule has 1 N–H and O–H groups in total. The van der Waals surface area contributed by atoms with Crippen molar-refractivity contribution in [3.63, 3.8) is 0 Å². The van der Waals surface area contributed by atoms with Crippen molar-refractivity contribution in [1.82, 2.24) is 4.90 Å². The Morgan fingerprint density at radius 2 is 2.00 bits per heavy atom. The lowest BCUT2D eigenvalue weighted by Gasteiger charge is -2.44. The molecule has 4 atom stereocenters. The SMILES string of the molecule is CC1CC(=O)N(C2CCc3ccccc32)C(C)C1C(=O)O. The summed E-state index contributed by atoms with van der Waals surface area (Å²) in [5.41, 5.74) is 2.48.